The third-order valence-corrected chi connectivity index (χ3v) is 2.84. The Bertz CT molecular complexity index is 646. The summed E-state index contributed by atoms with van der Waals surface area (Å²) in [5, 5.41) is 0. The maximum absolute atomic E-state index is 11.8. The molecular formula is C17H16N2O2. The summed E-state index contributed by atoms with van der Waals surface area (Å²) in [5.41, 5.74) is 7.18. The molecule has 2 rings (SSSR count). The van der Waals surface area contributed by atoms with Gasteiger partial charge >= 0.3 is 0 Å². The summed E-state index contributed by atoms with van der Waals surface area (Å²) < 4.78 is 0. The lowest BCUT2D eigenvalue weighted by atomic mass is 10.1. The second-order valence-corrected chi connectivity index (χ2v) is 4.55. The Balaban J connectivity index is 1.85. The molecule has 0 atom stereocenters. The number of aryl methyl sites for hydroxylation is 1. The number of nitrogens with one attached hydrogen (secondary N) is 2. The molecule has 0 fully saturated rings. The highest BCUT2D eigenvalue weighted by Crippen LogP contribution is 2.02. The van der Waals surface area contributed by atoms with Crippen molar-refractivity contribution in [2.24, 2.45) is 0 Å². The standard InChI is InChI=1S/C17H16N2O2/c1-13-7-10-15(11-8-13)17(21)19-18-16(20)12-9-14-5-3-2-4-6-14/h2-12H,1H3,(H,18,20)(H,19,21)/b12-9-. The van der Waals surface area contributed by atoms with Crippen LogP contribution in [0.2, 0.25) is 0 Å². The van der Waals surface area contributed by atoms with E-state index in [9.17, 15) is 9.59 Å². The number of rotatable bonds is 3. The maximum atomic E-state index is 11.8. The van der Waals surface area contributed by atoms with E-state index < -0.39 is 0 Å². The van der Waals surface area contributed by atoms with Crippen molar-refractivity contribution in [3.63, 3.8) is 0 Å². The summed E-state index contributed by atoms with van der Waals surface area (Å²) in [4.78, 5) is 23.4. The van der Waals surface area contributed by atoms with Crippen LogP contribution in [0, 0.1) is 6.92 Å². The molecule has 0 aliphatic heterocycles. The normalized spacial score (nSPS) is 10.3. The fourth-order valence-electron chi connectivity index (χ4n) is 1.67. The smallest absolute Gasteiger partial charge is 0.268 e. The zero-order valence-electron chi connectivity index (χ0n) is 11.7. The van der Waals surface area contributed by atoms with Crippen molar-refractivity contribution in [2.75, 3.05) is 0 Å². The van der Waals surface area contributed by atoms with E-state index in [-0.39, 0.29) is 11.8 Å². The van der Waals surface area contributed by atoms with Crippen LogP contribution in [0.15, 0.2) is 60.7 Å². The van der Waals surface area contributed by atoms with Crippen LogP contribution in [0.25, 0.3) is 6.08 Å². The van der Waals surface area contributed by atoms with E-state index >= 15 is 0 Å². The number of hydrogen-bond acceptors (Lipinski definition) is 2. The van der Waals surface area contributed by atoms with Crippen LogP contribution in [0.3, 0.4) is 0 Å². The Morgan fingerprint density at radius 1 is 0.905 bits per heavy atom. The van der Waals surface area contributed by atoms with E-state index in [1.54, 1.807) is 18.2 Å². The Morgan fingerprint density at radius 3 is 2.24 bits per heavy atom. The summed E-state index contributed by atoms with van der Waals surface area (Å²) in [6.45, 7) is 1.94. The minimum atomic E-state index is -0.390. The molecule has 2 aromatic rings. The first-order chi connectivity index (χ1) is 10.1. The first-order valence-electron chi connectivity index (χ1n) is 6.55. The van der Waals surface area contributed by atoms with E-state index in [1.807, 2.05) is 49.4 Å². The molecule has 0 aliphatic rings. The van der Waals surface area contributed by atoms with Crippen molar-refractivity contribution in [3.8, 4) is 0 Å². The quantitative estimate of drug-likeness (QED) is 0.670. The monoisotopic (exact) mass is 280 g/mol. The molecule has 4 heteroatoms. The van der Waals surface area contributed by atoms with Gasteiger partial charge in [0.1, 0.15) is 0 Å². The van der Waals surface area contributed by atoms with Gasteiger partial charge in [0.15, 0.2) is 0 Å². The molecule has 0 saturated carbocycles. The summed E-state index contributed by atoms with van der Waals surface area (Å²) in [5.74, 6) is -0.740. The number of benzene rings is 2. The maximum Gasteiger partial charge on any atom is 0.269 e. The highest BCUT2D eigenvalue weighted by atomic mass is 16.2. The van der Waals surface area contributed by atoms with Crippen molar-refractivity contribution in [2.45, 2.75) is 6.92 Å². The van der Waals surface area contributed by atoms with Gasteiger partial charge in [-0.25, -0.2) is 0 Å². The van der Waals surface area contributed by atoms with Gasteiger partial charge in [-0.2, -0.15) is 0 Å². The number of hydrogen-bond donors (Lipinski definition) is 2. The molecule has 0 bridgehead atoms. The Kier molecular flexibility index (Phi) is 4.88. The van der Waals surface area contributed by atoms with Gasteiger partial charge in [-0.15, -0.1) is 0 Å². The summed E-state index contributed by atoms with van der Waals surface area (Å²) in [6.07, 6.45) is 3.04. The van der Waals surface area contributed by atoms with Crippen LogP contribution < -0.4 is 10.9 Å². The van der Waals surface area contributed by atoms with Gasteiger partial charge in [-0.3, -0.25) is 20.4 Å². The summed E-state index contributed by atoms with van der Waals surface area (Å²) >= 11 is 0. The largest absolute Gasteiger partial charge is 0.269 e. The lowest BCUT2D eigenvalue weighted by molar-refractivity contribution is -0.117. The predicted octanol–water partition coefficient (Wildman–Crippen LogP) is 2.47. The zero-order chi connectivity index (χ0) is 15.1. The molecule has 21 heavy (non-hydrogen) atoms. The summed E-state index contributed by atoms with van der Waals surface area (Å²) in [7, 11) is 0. The molecule has 0 spiro atoms. The SMILES string of the molecule is Cc1ccc(C(=O)NNC(=O)/C=C\c2ccccc2)cc1. The Hall–Kier alpha value is -2.88. The Labute approximate surface area is 123 Å². The van der Waals surface area contributed by atoms with E-state index in [1.165, 1.54) is 6.08 Å². The first kappa shape index (κ1) is 14.5. The molecule has 0 aromatic heterocycles. The molecule has 0 saturated heterocycles. The van der Waals surface area contributed by atoms with Crippen molar-refractivity contribution >= 4 is 17.9 Å². The average molecular weight is 280 g/mol. The number of hydrazine groups is 1. The van der Waals surface area contributed by atoms with Crippen LogP contribution in [0.4, 0.5) is 0 Å². The fraction of sp³-hybridized carbons (Fsp3) is 0.0588. The van der Waals surface area contributed by atoms with Crippen LogP contribution in [-0.4, -0.2) is 11.8 Å². The van der Waals surface area contributed by atoms with Crippen molar-refractivity contribution in [3.05, 3.63) is 77.4 Å². The second kappa shape index (κ2) is 7.05. The van der Waals surface area contributed by atoms with Gasteiger partial charge in [-0.1, -0.05) is 48.0 Å². The second-order valence-electron chi connectivity index (χ2n) is 4.55. The van der Waals surface area contributed by atoms with Gasteiger partial charge in [0.25, 0.3) is 11.8 Å². The molecule has 0 radical (unpaired) electrons. The van der Waals surface area contributed by atoms with Gasteiger partial charge in [0, 0.05) is 11.6 Å². The molecule has 2 amide bonds. The summed E-state index contributed by atoms with van der Waals surface area (Å²) in [6, 6.07) is 16.5. The Morgan fingerprint density at radius 2 is 1.57 bits per heavy atom. The zero-order valence-corrected chi connectivity index (χ0v) is 11.7. The third-order valence-electron chi connectivity index (χ3n) is 2.84. The lowest BCUT2D eigenvalue weighted by Gasteiger charge is -2.05. The third kappa shape index (κ3) is 4.62. The van der Waals surface area contributed by atoms with E-state index in [2.05, 4.69) is 10.9 Å². The first-order valence-corrected chi connectivity index (χ1v) is 6.55. The highest BCUT2D eigenvalue weighted by molar-refractivity contribution is 5.97. The number of carbonyl (C=O) groups is 2. The molecule has 4 nitrogen and oxygen atoms in total. The van der Waals surface area contributed by atoms with E-state index in [0.717, 1.165) is 11.1 Å². The van der Waals surface area contributed by atoms with Crippen molar-refractivity contribution in [1.82, 2.24) is 10.9 Å². The number of amides is 2. The lowest BCUT2D eigenvalue weighted by Crippen LogP contribution is -2.40. The fourth-order valence-corrected chi connectivity index (χ4v) is 1.67. The van der Waals surface area contributed by atoms with Gasteiger partial charge in [0.2, 0.25) is 0 Å². The van der Waals surface area contributed by atoms with Crippen LogP contribution in [0.5, 0.6) is 0 Å². The highest BCUT2D eigenvalue weighted by Gasteiger charge is 2.05. The van der Waals surface area contributed by atoms with Crippen LogP contribution >= 0.6 is 0 Å². The molecule has 0 aliphatic carbocycles. The molecule has 0 heterocycles. The predicted molar refractivity (Wildman–Crippen MR) is 82.3 cm³/mol. The molecular weight excluding hydrogens is 264 g/mol. The van der Waals surface area contributed by atoms with E-state index in [0.29, 0.717) is 5.56 Å². The van der Waals surface area contributed by atoms with Crippen LogP contribution in [0.1, 0.15) is 21.5 Å². The average Bonchev–Trinajstić information content (AvgIpc) is 2.52. The minimum Gasteiger partial charge on any atom is -0.268 e. The van der Waals surface area contributed by atoms with Gasteiger partial charge in [0.05, 0.1) is 0 Å². The molecule has 0 unspecified atom stereocenters. The molecule has 106 valence electrons. The van der Waals surface area contributed by atoms with Gasteiger partial charge in [-0.05, 0) is 30.7 Å². The topological polar surface area (TPSA) is 58.2 Å². The number of carbonyl (C=O) groups excluding carboxylic acids is 2. The van der Waals surface area contributed by atoms with E-state index in [4.69, 9.17) is 0 Å². The molecule has 2 N–H and O–H groups in total. The van der Waals surface area contributed by atoms with Crippen molar-refractivity contribution in [1.29, 1.82) is 0 Å². The molecule has 2 aromatic carbocycles. The van der Waals surface area contributed by atoms with Crippen molar-refractivity contribution < 1.29 is 9.59 Å². The van der Waals surface area contributed by atoms with Crippen LogP contribution in [-0.2, 0) is 4.79 Å². The minimum absolute atomic E-state index is 0.350. The van der Waals surface area contributed by atoms with Gasteiger partial charge < -0.3 is 0 Å².